The average Bonchev–Trinajstić information content (AvgIpc) is 3.48. The van der Waals surface area contributed by atoms with Gasteiger partial charge in [-0.1, -0.05) is 18.2 Å². The Morgan fingerprint density at radius 1 is 1.18 bits per heavy atom. The molecule has 33 heavy (non-hydrogen) atoms. The zero-order chi connectivity index (χ0) is 22.8. The van der Waals surface area contributed by atoms with E-state index in [2.05, 4.69) is 31.6 Å². The molecule has 3 aromatic heterocycles. The molecule has 2 N–H and O–H groups in total. The van der Waals surface area contributed by atoms with E-state index < -0.39 is 0 Å². The summed E-state index contributed by atoms with van der Waals surface area (Å²) in [5.41, 5.74) is 3.11. The van der Waals surface area contributed by atoms with Gasteiger partial charge in [-0.3, -0.25) is 9.89 Å². The molecule has 1 fully saturated rings. The summed E-state index contributed by atoms with van der Waals surface area (Å²) < 4.78 is 1.79. The third-order valence-corrected chi connectivity index (χ3v) is 5.73. The molecule has 1 aromatic carbocycles. The number of nitriles is 1. The van der Waals surface area contributed by atoms with E-state index in [-0.39, 0.29) is 12.3 Å². The summed E-state index contributed by atoms with van der Waals surface area (Å²) in [5, 5.41) is 24.3. The number of aromatic nitrogens is 5. The predicted octanol–water partition coefficient (Wildman–Crippen LogP) is 2.27. The van der Waals surface area contributed by atoms with Crippen LogP contribution in [0.1, 0.15) is 16.8 Å². The molecule has 4 heterocycles. The first-order valence-electron chi connectivity index (χ1n) is 10.8. The van der Waals surface area contributed by atoms with Gasteiger partial charge in [-0.05, 0) is 30.7 Å². The SMILES string of the molecule is Cc1cc(Nc2nc(N3CCN(C(=O)Cc4ccccc4C#N)CC3)nn3cccc23)n[nH]1. The third-order valence-electron chi connectivity index (χ3n) is 5.73. The Bertz CT molecular complexity index is 1340. The quantitative estimate of drug-likeness (QED) is 0.488. The smallest absolute Gasteiger partial charge is 0.245 e. The molecule has 1 aliphatic heterocycles. The molecule has 0 aliphatic carbocycles. The van der Waals surface area contributed by atoms with Crippen molar-refractivity contribution in [2.24, 2.45) is 0 Å². The van der Waals surface area contributed by atoms with E-state index in [0.29, 0.717) is 49.3 Å². The molecule has 0 bridgehead atoms. The number of amides is 1. The summed E-state index contributed by atoms with van der Waals surface area (Å²) >= 11 is 0. The lowest BCUT2D eigenvalue weighted by molar-refractivity contribution is -0.130. The number of nitrogens with one attached hydrogen (secondary N) is 2. The van der Waals surface area contributed by atoms with Gasteiger partial charge in [0.2, 0.25) is 11.9 Å². The van der Waals surface area contributed by atoms with Gasteiger partial charge in [0.25, 0.3) is 0 Å². The number of benzene rings is 1. The Kier molecular flexibility index (Phi) is 5.36. The monoisotopic (exact) mass is 441 g/mol. The number of anilines is 3. The van der Waals surface area contributed by atoms with Crippen molar-refractivity contribution in [3.05, 3.63) is 65.5 Å². The van der Waals surface area contributed by atoms with E-state index in [1.807, 2.05) is 54.4 Å². The number of fused-ring (bicyclic) bond motifs is 1. The summed E-state index contributed by atoms with van der Waals surface area (Å²) in [5.74, 6) is 1.97. The van der Waals surface area contributed by atoms with Gasteiger partial charge in [0, 0.05) is 44.1 Å². The van der Waals surface area contributed by atoms with Crippen LogP contribution in [0.25, 0.3) is 5.52 Å². The number of rotatable bonds is 5. The number of hydrogen-bond donors (Lipinski definition) is 2. The van der Waals surface area contributed by atoms with Crippen LogP contribution in [0.5, 0.6) is 0 Å². The van der Waals surface area contributed by atoms with Crippen LogP contribution in [0.2, 0.25) is 0 Å². The molecule has 1 saturated heterocycles. The summed E-state index contributed by atoms with van der Waals surface area (Å²) in [4.78, 5) is 21.5. The molecule has 10 heteroatoms. The minimum atomic E-state index is 0.0235. The van der Waals surface area contributed by atoms with Crippen molar-refractivity contribution in [1.82, 2.24) is 29.7 Å². The lowest BCUT2D eigenvalue weighted by Crippen LogP contribution is -2.49. The first-order valence-corrected chi connectivity index (χ1v) is 10.8. The Morgan fingerprint density at radius 3 is 2.76 bits per heavy atom. The highest BCUT2D eigenvalue weighted by Gasteiger charge is 2.24. The fourth-order valence-electron chi connectivity index (χ4n) is 3.97. The second-order valence-electron chi connectivity index (χ2n) is 7.97. The maximum absolute atomic E-state index is 12.8. The molecule has 10 nitrogen and oxygen atoms in total. The zero-order valence-corrected chi connectivity index (χ0v) is 18.2. The van der Waals surface area contributed by atoms with Crippen LogP contribution in [0.4, 0.5) is 17.6 Å². The fraction of sp³-hybridized carbons (Fsp3) is 0.261. The van der Waals surface area contributed by atoms with E-state index in [4.69, 9.17) is 4.98 Å². The summed E-state index contributed by atoms with van der Waals surface area (Å²) in [6.07, 6.45) is 2.11. The van der Waals surface area contributed by atoms with Crippen molar-refractivity contribution in [2.75, 3.05) is 36.4 Å². The number of carbonyl (C=O) groups excluding carboxylic acids is 1. The van der Waals surface area contributed by atoms with Crippen LogP contribution >= 0.6 is 0 Å². The van der Waals surface area contributed by atoms with Gasteiger partial charge in [-0.15, -0.1) is 5.10 Å². The van der Waals surface area contributed by atoms with Crippen molar-refractivity contribution >= 4 is 29.0 Å². The fourth-order valence-corrected chi connectivity index (χ4v) is 3.97. The van der Waals surface area contributed by atoms with Crippen LogP contribution < -0.4 is 10.2 Å². The van der Waals surface area contributed by atoms with Crippen molar-refractivity contribution in [2.45, 2.75) is 13.3 Å². The highest BCUT2D eigenvalue weighted by Crippen LogP contribution is 2.23. The van der Waals surface area contributed by atoms with Crippen LogP contribution in [-0.4, -0.2) is 61.8 Å². The van der Waals surface area contributed by atoms with E-state index in [1.165, 1.54) is 0 Å². The topological polar surface area (TPSA) is 118 Å². The number of nitrogens with zero attached hydrogens (tertiary/aromatic N) is 7. The van der Waals surface area contributed by atoms with E-state index in [1.54, 1.807) is 10.6 Å². The summed E-state index contributed by atoms with van der Waals surface area (Å²) in [7, 11) is 0. The van der Waals surface area contributed by atoms with Crippen LogP contribution in [0.3, 0.4) is 0 Å². The molecule has 0 radical (unpaired) electrons. The maximum atomic E-state index is 12.8. The number of carbonyl (C=O) groups is 1. The van der Waals surface area contributed by atoms with E-state index >= 15 is 0 Å². The molecule has 0 unspecified atom stereocenters. The molecule has 0 spiro atoms. The van der Waals surface area contributed by atoms with Gasteiger partial charge in [0.05, 0.1) is 18.1 Å². The first kappa shape index (κ1) is 20.5. The van der Waals surface area contributed by atoms with Crippen LogP contribution in [-0.2, 0) is 11.2 Å². The molecule has 4 aromatic rings. The average molecular weight is 441 g/mol. The molecule has 0 atom stereocenters. The molecule has 0 saturated carbocycles. The Balaban J connectivity index is 1.29. The van der Waals surface area contributed by atoms with Gasteiger partial charge < -0.3 is 15.1 Å². The Labute approximate surface area is 190 Å². The number of piperazine rings is 1. The minimum Gasteiger partial charge on any atom is -0.339 e. The molecule has 166 valence electrons. The minimum absolute atomic E-state index is 0.0235. The lowest BCUT2D eigenvalue weighted by atomic mass is 10.0. The highest BCUT2D eigenvalue weighted by molar-refractivity contribution is 5.80. The first-order chi connectivity index (χ1) is 16.1. The number of H-pyrrole nitrogens is 1. The molecular formula is C23H23N9O. The molecule has 5 rings (SSSR count). The highest BCUT2D eigenvalue weighted by atomic mass is 16.2. The lowest BCUT2D eigenvalue weighted by Gasteiger charge is -2.35. The second kappa shape index (κ2) is 8.63. The second-order valence-corrected chi connectivity index (χ2v) is 7.97. The van der Waals surface area contributed by atoms with Crippen LogP contribution in [0.15, 0.2) is 48.7 Å². The molecular weight excluding hydrogens is 418 g/mol. The number of aryl methyl sites for hydroxylation is 1. The van der Waals surface area contributed by atoms with Gasteiger partial charge in [0.15, 0.2) is 11.6 Å². The Hall–Kier alpha value is -4.39. The van der Waals surface area contributed by atoms with Crippen molar-refractivity contribution in [3.63, 3.8) is 0 Å². The standard InChI is InChI=1S/C23H23N9O/c1-16-13-20(28-27-16)25-22-19-7-4-8-32(19)29-23(26-22)31-11-9-30(10-12-31)21(33)14-17-5-2-3-6-18(17)15-24/h2-8,13H,9-12,14H2,1H3,(H2,25,26,27,28,29). The normalized spacial score (nSPS) is 13.8. The van der Waals surface area contributed by atoms with Gasteiger partial charge in [0.1, 0.15) is 5.52 Å². The molecule has 1 amide bonds. The number of aromatic amines is 1. The summed E-state index contributed by atoms with van der Waals surface area (Å²) in [6, 6.07) is 15.2. The van der Waals surface area contributed by atoms with E-state index in [9.17, 15) is 10.1 Å². The third kappa shape index (κ3) is 4.21. The van der Waals surface area contributed by atoms with Gasteiger partial charge >= 0.3 is 0 Å². The van der Waals surface area contributed by atoms with Gasteiger partial charge in [-0.25, -0.2) is 4.52 Å². The zero-order valence-electron chi connectivity index (χ0n) is 18.2. The van der Waals surface area contributed by atoms with Crippen LogP contribution in [0, 0.1) is 18.3 Å². The largest absolute Gasteiger partial charge is 0.339 e. The predicted molar refractivity (Wildman–Crippen MR) is 123 cm³/mol. The maximum Gasteiger partial charge on any atom is 0.245 e. The summed E-state index contributed by atoms with van der Waals surface area (Å²) in [6.45, 7) is 4.33. The van der Waals surface area contributed by atoms with E-state index in [0.717, 1.165) is 16.8 Å². The van der Waals surface area contributed by atoms with Crippen molar-refractivity contribution < 1.29 is 4.79 Å². The van der Waals surface area contributed by atoms with Crippen molar-refractivity contribution in [1.29, 1.82) is 5.26 Å². The van der Waals surface area contributed by atoms with Crippen molar-refractivity contribution in [3.8, 4) is 6.07 Å². The molecule has 1 aliphatic rings. The van der Waals surface area contributed by atoms with Gasteiger partial charge in [-0.2, -0.15) is 15.3 Å². The number of hydrogen-bond acceptors (Lipinski definition) is 7. The Morgan fingerprint density at radius 2 is 2.00 bits per heavy atom.